The van der Waals surface area contributed by atoms with Crippen LogP contribution < -0.4 is 5.32 Å². The van der Waals surface area contributed by atoms with Crippen molar-refractivity contribution in [2.24, 2.45) is 0 Å². The van der Waals surface area contributed by atoms with Crippen molar-refractivity contribution in [2.75, 3.05) is 6.61 Å². The lowest BCUT2D eigenvalue weighted by Crippen LogP contribution is -2.18. The molecule has 1 atom stereocenters. The predicted octanol–water partition coefficient (Wildman–Crippen LogP) is 1.78. The molecule has 13 heavy (non-hydrogen) atoms. The Morgan fingerprint density at radius 1 is 1.38 bits per heavy atom. The van der Waals surface area contributed by atoms with Crippen LogP contribution >= 0.6 is 0 Å². The van der Waals surface area contributed by atoms with Gasteiger partial charge in [-0.1, -0.05) is 29.8 Å². The van der Waals surface area contributed by atoms with Gasteiger partial charge in [-0.05, 0) is 12.5 Å². The standard InChI is InChI=1S/C10H11NO2/c1-7-2-4-8(5-3-7)9-6-13-10(12)11-9/h2-5,9H,6H2,1H3,(H,11,12). The Hall–Kier alpha value is -1.51. The highest BCUT2D eigenvalue weighted by Crippen LogP contribution is 2.17. The van der Waals surface area contributed by atoms with Crippen LogP contribution in [-0.4, -0.2) is 12.7 Å². The van der Waals surface area contributed by atoms with Gasteiger partial charge in [-0.15, -0.1) is 0 Å². The number of carbonyl (C=O) groups is 1. The van der Waals surface area contributed by atoms with Crippen LogP contribution in [0.3, 0.4) is 0 Å². The van der Waals surface area contributed by atoms with Crippen LogP contribution in [0.4, 0.5) is 4.79 Å². The molecule has 1 aromatic rings. The molecule has 1 fully saturated rings. The minimum atomic E-state index is -0.328. The van der Waals surface area contributed by atoms with Gasteiger partial charge in [-0.3, -0.25) is 0 Å². The molecule has 1 aliphatic heterocycles. The van der Waals surface area contributed by atoms with E-state index in [4.69, 9.17) is 4.74 Å². The first kappa shape index (κ1) is 8.10. The topological polar surface area (TPSA) is 38.3 Å². The summed E-state index contributed by atoms with van der Waals surface area (Å²) in [5.41, 5.74) is 2.31. The highest BCUT2D eigenvalue weighted by atomic mass is 16.6. The molecule has 1 heterocycles. The van der Waals surface area contributed by atoms with Gasteiger partial charge in [-0.2, -0.15) is 0 Å². The third-order valence-electron chi connectivity index (χ3n) is 2.15. The fraction of sp³-hybridized carbons (Fsp3) is 0.300. The van der Waals surface area contributed by atoms with E-state index in [1.165, 1.54) is 5.56 Å². The van der Waals surface area contributed by atoms with Gasteiger partial charge in [-0.25, -0.2) is 4.79 Å². The number of cyclic esters (lactones) is 1. The van der Waals surface area contributed by atoms with Crippen LogP contribution in [0.25, 0.3) is 0 Å². The molecular formula is C10H11NO2. The van der Waals surface area contributed by atoms with Crippen molar-refractivity contribution in [3.8, 4) is 0 Å². The van der Waals surface area contributed by atoms with Crippen molar-refractivity contribution in [3.05, 3.63) is 35.4 Å². The Morgan fingerprint density at radius 2 is 2.08 bits per heavy atom. The van der Waals surface area contributed by atoms with Crippen LogP contribution in [0.1, 0.15) is 17.2 Å². The number of hydrogen-bond acceptors (Lipinski definition) is 2. The van der Waals surface area contributed by atoms with Crippen LogP contribution in [0.15, 0.2) is 24.3 Å². The van der Waals surface area contributed by atoms with Gasteiger partial charge in [0, 0.05) is 0 Å². The molecule has 1 aliphatic rings. The van der Waals surface area contributed by atoms with Crippen LogP contribution in [0, 0.1) is 6.92 Å². The Kier molecular flexibility index (Phi) is 1.93. The summed E-state index contributed by atoms with van der Waals surface area (Å²) in [5, 5.41) is 2.73. The number of hydrogen-bond donors (Lipinski definition) is 1. The number of ether oxygens (including phenoxy) is 1. The van der Waals surface area contributed by atoms with Gasteiger partial charge in [0.2, 0.25) is 0 Å². The molecule has 3 nitrogen and oxygen atoms in total. The maximum Gasteiger partial charge on any atom is 0.407 e. The number of carbonyl (C=O) groups excluding carboxylic acids is 1. The Balaban J connectivity index is 2.17. The summed E-state index contributed by atoms with van der Waals surface area (Å²) in [6.45, 7) is 2.47. The van der Waals surface area contributed by atoms with Crippen molar-refractivity contribution in [1.82, 2.24) is 5.32 Å². The summed E-state index contributed by atoms with van der Waals surface area (Å²) in [7, 11) is 0. The van der Waals surface area contributed by atoms with E-state index in [1.54, 1.807) is 0 Å². The molecule has 1 unspecified atom stereocenters. The lowest BCUT2D eigenvalue weighted by Gasteiger charge is -2.06. The summed E-state index contributed by atoms with van der Waals surface area (Å²) in [4.78, 5) is 10.8. The second-order valence-electron chi connectivity index (χ2n) is 3.21. The zero-order valence-corrected chi connectivity index (χ0v) is 7.41. The first-order chi connectivity index (χ1) is 6.25. The molecule has 1 saturated heterocycles. The van der Waals surface area contributed by atoms with Crippen LogP contribution in [0.2, 0.25) is 0 Å². The lowest BCUT2D eigenvalue weighted by atomic mass is 10.1. The zero-order valence-electron chi connectivity index (χ0n) is 7.41. The fourth-order valence-corrected chi connectivity index (χ4v) is 1.36. The average Bonchev–Trinajstić information content (AvgIpc) is 2.53. The minimum Gasteiger partial charge on any atom is -0.447 e. The molecule has 0 aliphatic carbocycles. The highest BCUT2D eigenvalue weighted by Gasteiger charge is 2.23. The van der Waals surface area contributed by atoms with E-state index < -0.39 is 0 Å². The van der Waals surface area contributed by atoms with Gasteiger partial charge >= 0.3 is 6.09 Å². The SMILES string of the molecule is Cc1ccc(C2COC(=O)N2)cc1. The van der Waals surface area contributed by atoms with E-state index in [0.29, 0.717) is 6.61 Å². The molecule has 68 valence electrons. The van der Waals surface area contributed by atoms with Gasteiger partial charge in [0.15, 0.2) is 0 Å². The second-order valence-corrected chi connectivity index (χ2v) is 3.21. The summed E-state index contributed by atoms with van der Waals surface area (Å²) >= 11 is 0. The largest absolute Gasteiger partial charge is 0.447 e. The number of nitrogens with one attached hydrogen (secondary N) is 1. The van der Waals surface area contributed by atoms with Crippen molar-refractivity contribution in [3.63, 3.8) is 0 Å². The van der Waals surface area contributed by atoms with Gasteiger partial charge in [0.25, 0.3) is 0 Å². The van der Waals surface area contributed by atoms with E-state index in [0.717, 1.165) is 5.56 Å². The first-order valence-corrected chi connectivity index (χ1v) is 4.25. The maximum atomic E-state index is 10.8. The number of amides is 1. The Bertz CT molecular complexity index is 318. The van der Waals surface area contributed by atoms with Crippen molar-refractivity contribution >= 4 is 6.09 Å². The average molecular weight is 177 g/mol. The van der Waals surface area contributed by atoms with Crippen molar-refractivity contribution in [1.29, 1.82) is 0 Å². The van der Waals surface area contributed by atoms with Crippen LogP contribution in [-0.2, 0) is 4.74 Å². The summed E-state index contributed by atoms with van der Waals surface area (Å²) in [6.07, 6.45) is -0.328. The minimum absolute atomic E-state index is 0.0214. The molecule has 0 bridgehead atoms. The second kappa shape index (κ2) is 3.09. The smallest absolute Gasteiger partial charge is 0.407 e. The summed E-state index contributed by atoms with van der Waals surface area (Å²) in [6, 6.07) is 8.09. The molecule has 3 heteroatoms. The maximum absolute atomic E-state index is 10.8. The molecule has 0 saturated carbocycles. The van der Waals surface area contributed by atoms with E-state index >= 15 is 0 Å². The molecule has 1 amide bonds. The molecule has 0 aromatic heterocycles. The van der Waals surface area contributed by atoms with Gasteiger partial charge in [0.05, 0.1) is 6.04 Å². The zero-order chi connectivity index (χ0) is 9.26. The highest BCUT2D eigenvalue weighted by molar-refractivity contribution is 5.70. The molecule has 2 rings (SSSR count). The number of rotatable bonds is 1. The number of benzene rings is 1. The fourth-order valence-electron chi connectivity index (χ4n) is 1.36. The third-order valence-corrected chi connectivity index (χ3v) is 2.15. The van der Waals surface area contributed by atoms with Gasteiger partial charge < -0.3 is 10.1 Å². The molecular weight excluding hydrogens is 166 g/mol. The number of alkyl carbamates (subject to hydrolysis) is 1. The van der Waals surface area contributed by atoms with E-state index in [2.05, 4.69) is 5.32 Å². The van der Waals surface area contributed by atoms with E-state index in [1.807, 2.05) is 31.2 Å². The third kappa shape index (κ3) is 1.64. The summed E-state index contributed by atoms with van der Waals surface area (Å²) in [5.74, 6) is 0. The molecule has 1 N–H and O–H groups in total. The quantitative estimate of drug-likeness (QED) is 0.710. The van der Waals surface area contributed by atoms with Crippen molar-refractivity contribution < 1.29 is 9.53 Å². The van der Waals surface area contributed by atoms with E-state index in [-0.39, 0.29) is 12.1 Å². The molecule has 1 aromatic carbocycles. The number of aryl methyl sites for hydroxylation is 1. The Labute approximate surface area is 76.7 Å². The normalized spacial score (nSPS) is 21.0. The van der Waals surface area contributed by atoms with Crippen LogP contribution in [0.5, 0.6) is 0 Å². The van der Waals surface area contributed by atoms with Crippen molar-refractivity contribution in [2.45, 2.75) is 13.0 Å². The van der Waals surface area contributed by atoms with Gasteiger partial charge in [0.1, 0.15) is 6.61 Å². The Morgan fingerprint density at radius 3 is 2.62 bits per heavy atom. The lowest BCUT2D eigenvalue weighted by molar-refractivity contribution is 0.177. The summed E-state index contributed by atoms with van der Waals surface area (Å²) < 4.78 is 4.80. The monoisotopic (exact) mass is 177 g/mol. The predicted molar refractivity (Wildman–Crippen MR) is 48.4 cm³/mol. The molecule has 0 radical (unpaired) electrons. The first-order valence-electron chi connectivity index (χ1n) is 4.25. The van der Waals surface area contributed by atoms with E-state index in [9.17, 15) is 4.79 Å². The molecule has 0 spiro atoms.